The molecule has 0 saturated carbocycles. The van der Waals surface area contributed by atoms with Crippen LogP contribution in [0.5, 0.6) is 0 Å². The van der Waals surface area contributed by atoms with Gasteiger partial charge in [0.25, 0.3) is 0 Å². The summed E-state index contributed by atoms with van der Waals surface area (Å²) in [4.78, 5) is 11.8. The second-order valence-corrected chi connectivity index (χ2v) is 5.33. The minimum absolute atomic E-state index is 0.353. The molecule has 1 atom stereocenters. The van der Waals surface area contributed by atoms with Crippen LogP contribution >= 0.6 is 23.2 Å². The lowest BCUT2D eigenvalue weighted by molar-refractivity contribution is -0.143. The van der Waals surface area contributed by atoms with Crippen molar-refractivity contribution in [2.24, 2.45) is 5.92 Å². The summed E-state index contributed by atoms with van der Waals surface area (Å²) in [6, 6.07) is 4.50. The van der Waals surface area contributed by atoms with Crippen molar-refractivity contribution >= 4 is 29.2 Å². The summed E-state index contributed by atoms with van der Waals surface area (Å²) in [7, 11) is 1.36. The predicted octanol–water partition coefficient (Wildman–Crippen LogP) is 3.45. The molecule has 1 unspecified atom stereocenters. The lowest BCUT2D eigenvalue weighted by atomic mass is 10.1. The van der Waals surface area contributed by atoms with Gasteiger partial charge in [0.15, 0.2) is 0 Å². The summed E-state index contributed by atoms with van der Waals surface area (Å²) in [5.41, 5.74) is 0.708. The van der Waals surface area contributed by atoms with Crippen LogP contribution in [0.3, 0.4) is 0 Å². The highest BCUT2D eigenvalue weighted by atomic mass is 35.5. The fourth-order valence-corrected chi connectivity index (χ4v) is 2.09. The average Bonchev–Trinajstić information content (AvgIpc) is 2.27. The van der Waals surface area contributed by atoms with Crippen LogP contribution in [-0.2, 0) is 9.53 Å². The first kappa shape index (κ1) is 15.3. The van der Waals surface area contributed by atoms with Gasteiger partial charge in [-0.15, -0.1) is 0 Å². The molecule has 0 aromatic heterocycles. The Kier molecular flexibility index (Phi) is 5.93. The third-order valence-corrected chi connectivity index (χ3v) is 2.82. The largest absolute Gasteiger partial charge is 0.468 e. The number of nitrogens with one attached hydrogen (secondary N) is 1. The number of ether oxygens (including phenoxy) is 1. The molecular weight excluding hydrogens is 273 g/mol. The van der Waals surface area contributed by atoms with Crippen molar-refractivity contribution in [2.45, 2.75) is 19.9 Å². The number of hydrogen-bond donors (Lipinski definition) is 1. The Balaban J connectivity index is 2.97. The number of hydrogen-bond acceptors (Lipinski definition) is 3. The van der Waals surface area contributed by atoms with E-state index in [0.717, 1.165) is 0 Å². The molecule has 1 aromatic carbocycles. The Hall–Kier alpha value is -0.770. The van der Waals surface area contributed by atoms with Crippen molar-refractivity contribution < 1.29 is 9.53 Å². The van der Waals surface area contributed by atoms with Gasteiger partial charge in [0.2, 0.25) is 0 Å². The number of methoxy groups -OCH3 is 1. The zero-order valence-electron chi connectivity index (χ0n) is 10.7. The van der Waals surface area contributed by atoms with Gasteiger partial charge >= 0.3 is 5.97 Å². The standard InChI is InChI=1S/C13H17Cl2NO2/c1-8(2)7-16-12(13(17)18-3)9-4-10(14)6-11(15)5-9/h4-6,8,12,16H,7H2,1-3H3. The van der Waals surface area contributed by atoms with Gasteiger partial charge in [-0.1, -0.05) is 37.0 Å². The fraction of sp³-hybridized carbons (Fsp3) is 0.462. The molecule has 100 valence electrons. The highest BCUT2D eigenvalue weighted by molar-refractivity contribution is 6.34. The number of benzene rings is 1. The van der Waals surface area contributed by atoms with Crippen molar-refractivity contribution in [1.82, 2.24) is 5.32 Å². The summed E-state index contributed by atoms with van der Waals surface area (Å²) in [5, 5.41) is 4.14. The minimum Gasteiger partial charge on any atom is -0.468 e. The highest BCUT2D eigenvalue weighted by Crippen LogP contribution is 2.24. The first-order valence-electron chi connectivity index (χ1n) is 5.71. The second kappa shape index (κ2) is 6.98. The molecule has 1 N–H and O–H groups in total. The van der Waals surface area contributed by atoms with E-state index < -0.39 is 6.04 Å². The van der Waals surface area contributed by atoms with Gasteiger partial charge in [-0.05, 0) is 36.2 Å². The first-order chi connectivity index (χ1) is 8.43. The Morgan fingerprint density at radius 1 is 1.28 bits per heavy atom. The molecule has 0 aliphatic rings. The molecule has 1 rings (SSSR count). The molecule has 0 spiro atoms. The summed E-state index contributed by atoms with van der Waals surface area (Å²) in [6.07, 6.45) is 0. The Morgan fingerprint density at radius 3 is 2.28 bits per heavy atom. The highest BCUT2D eigenvalue weighted by Gasteiger charge is 2.21. The summed E-state index contributed by atoms with van der Waals surface area (Å²) in [5.74, 6) is 0.0702. The van der Waals surface area contributed by atoms with E-state index in [1.165, 1.54) is 7.11 Å². The minimum atomic E-state index is -0.548. The molecule has 0 bridgehead atoms. The van der Waals surface area contributed by atoms with Gasteiger partial charge < -0.3 is 10.1 Å². The van der Waals surface area contributed by atoms with Crippen LogP contribution in [0, 0.1) is 5.92 Å². The number of halogens is 2. The van der Waals surface area contributed by atoms with E-state index in [1.54, 1.807) is 18.2 Å². The van der Waals surface area contributed by atoms with E-state index in [0.29, 0.717) is 28.1 Å². The monoisotopic (exact) mass is 289 g/mol. The normalized spacial score (nSPS) is 12.6. The lowest BCUT2D eigenvalue weighted by Crippen LogP contribution is -2.32. The van der Waals surface area contributed by atoms with Crippen LogP contribution in [0.2, 0.25) is 10.0 Å². The van der Waals surface area contributed by atoms with E-state index in [4.69, 9.17) is 27.9 Å². The number of carbonyl (C=O) groups excluding carboxylic acids is 1. The Morgan fingerprint density at radius 2 is 1.83 bits per heavy atom. The van der Waals surface area contributed by atoms with Crippen LogP contribution in [0.1, 0.15) is 25.5 Å². The van der Waals surface area contributed by atoms with E-state index in [2.05, 4.69) is 19.2 Å². The van der Waals surface area contributed by atoms with Crippen LogP contribution < -0.4 is 5.32 Å². The molecule has 0 saturated heterocycles. The fourth-order valence-electron chi connectivity index (χ4n) is 1.55. The SMILES string of the molecule is COC(=O)C(NCC(C)C)c1cc(Cl)cc(Cl)c1. The molecular formula is C13H17Cl2NO2. The summed E-state index contributed by atoms with van der Waals surface area (Å²) in [6.45, 7) is 4.82. The third-order valence-electron chi connectivity index (χ3n) is 2.39. The first-order valence-corrected chi connectivity index (χ1v) is 6.46. The van der Waals surface area contributed by atoms with Crippen molar-refractivity contribution in [1.29, 1.82) is 0 Å². The predicted molar refractivity (Wildman–Crippen MR) is 74.1 cm³/mol. The average molecular weight is 290 g/mol. The molecule has 5 heteroatoms. The molecule has 0 radical (unpaired) electrons. The molecule has 3 nitrogen and oxygen atoms in total. The number of esters is 1. The number of rotatable bonds is 5. The molecule has 1 aromatic rings. The van der Waals surface area contributed by atoms with Gasteiger partial charge in [0, 0.05) is 10.0 Å². The second-order valence-electron chi connectivity index (χ2n) is 4.46. The number of carbonyl (C=O) groups is 1. The van der Waals surface area contributed by atoms with Gasteiger partial charge in [-0.25, -0.2) is 4.79 Å². The van der Waals surface area contributed by atoms with E-state index in [1.807, 2.05) is 0 Å². The summed E-state index contributed by atoms with van der Waals surface area (Å²) < 4.78 is 4.79. The maximum absolute atomic E-state index is 11.8. The lowest BCUT2D eigenvalue weighted by Gasteiger charge is -2.18. The van der Waals surface area contributed by atoms with Crippen molar-refractivity contribution in [2.75, 3.05) is 13.7 Å². The van der Waals surface area contributed by atoms with Crippen molar-refractivity contribution in [3.8, 4) is 0 Å². The van der Waals surface area contributed by atoms with Gasteiger partial charge in [0.05, 0.1) is 7.11 Å². The summed E-state index contributed by atoms with van der Waals surface area (Å²) >= 11 is 11.9. The van der Waals surface area contributed by atoms with Crippen LogP contribution in [-0.4, -0.2) is 19.6 Å². The van der Waals surface area contributed by atoms with Crippen LogP contribution in [0.15, 0.2) is 18.2 Å². The topological polar surface area (TPSA) is 38.3 Å². The maximum atomic E-state index is 11.8. The third kappa shape index (κ3) is 4.48. The smallest absolute Gasteiger partial charge is 0.327 e. The molecule has 0 aliphatic heterocycles. The van der Waals surface area contributed by atoms with Gasteiger partial charge in [-0.2, -0.15) is 0 Å². The van der Waals surface area contributed by atoms with Gasteiger partial charge in [-0.3, -0.25) is 0 Å². The van der Waals surface area contributed by atoms with Gasteiger partial charge in [0.1, 0.15) is 6.04 Å². The van der Waals surface area contributed by atoms with Crippen molar-refractivity contribution in [3.05, 3.63) is 33.8 Å². The van der Waals surface area contributed by atoms with Crippen LogP contribution in [0.4, 0.5) is 0 Å². The van der Waals surface area contributed by atoms with Crippen molar-refractivity contribution in [3.63, 3.8) is 0 Å². The maximum Gasteiger partial charge on any atom is 0.327 e. The Labute approximate surface area is 117 Å². The van der Waals surface area contributed by atoms with E-state index >= 15 is 0 Å². The Bertz CT molecular complexity index is 401. The molecule has 18 heavy (non-hydrogen) atoms. The van der Waals surface area contributed by atoms with E-state index in [-0.39, 0.29) is 5.97 Å². The molecule has 0 amide bonds. The zero-order valence-corrected chi connectivity index (χ0v) is 12.2. The van der Waals surface area contributed by atoms with E-state index in [9.17, 15) is 4.79 Å². The quantitative estimate of drug-likeness (QED) is 0.844. The molecule has 0 fully saturated rings. The zero-order chi connectivity index (χ0) is 13.7. The molecule has 0 aliphatic carbocycles. The molecule has 0 heterocycles. The van der Waals surface area contributed by atoms with Crippen LogP contribution in [0.25, 0.3) is 0 Å².